The molecule has 2 rings (SSSR count). The predicted molar refractivity (Wildman–Crippen MR) is 70.2 cm³/mol. The fourth-order valence-corrected chi connectivity index (χ4v) is 1.79. The van der Waals surface area contributed by atoms with Crippen molar-refractivity contribution in [3.8, 4) is 5.69 Å². The highest BCUT2D eigenvalue weighted by Gasteiger charge is 2.11. The zero-order valence-corrected chi connectivity index (χ0v) is 10.9. The van der Waals surface area contributed by atoms with Crippen LogP contribution in [0.3, 0.4) is 0 Å². The summed E-state index contributed by atoms with van der Waals surface area (Å²) in [6, 6.07) is 5.39. The number of hydrogen-bond acceptors (Lipinski definition) is 2. The molecule has 0 bridgehead atoms. The molecule has 0 radical (unpaired) electrons. The molecule has 0 amide bonds. The Morgan fingerprint density at radius 3 is 2.78 bits per heavy atom. The van der Waals surface area contributed by atoms with E-state index in [0.29, 0.717) is 18.2 Å². The number of benzene rings is 1. The van der Waals surface area contributed by atoms with Crippen molar-refractivity contribution in [3.63, 3.8) is 0 Å². The standard InChI is InChI=1S/C14H18FN3/c1-10(2)16-8-12-13(15)5-4-6-14(12)18-9-11(3)7-17-18/h4-7,9-10,16H,8H2,1-3H3. The number of aromatic nitrogens is 2. The molecule has 4 heteroatoms. The summed E-state index contributed by atoms with van der Waals surface area (Å²) in [4.78, 5) is 0. The highest BCUT2D eigenvalue weighted by Crippen LogP contribution is 2.18. The lowest BCUT2D eigenvalue weighted by Gasteiger charge is -2.13. The molecule has 0 unspecified atom stereocenters. The average molecular weight is 247 g/mol. The second-order valence-electron chi connectivity index (χ2n) is 4.74. The van der Waals surface area contributed by atoms with Gasteiger partial charge in [-0.15, -0.1) is 0 Å². The molecule has 1 aromatic heterocycles. The number of nitrogens with zero attached hydrogens (tertiary/aromatic N) is 2. The van der Waals surface area contributed by atoms with Crippen molar-refractivity contribution in [3.05, 3.63) is 47.5 Å². The van der Waals surface area contributed by atoms with Crippen LogP contribution in [0.4, 0.5) is 4.39 Å². The SMILES string of the molecule is Cc1cnn(-c2cccc(F)c2CNC(C)C)c1. The maximum Gasteiger partial charge on any atom is 0.129 e. The van der Waals surface area contributed by atoms with Gasteiger partial charge in [0.05, 0.1) is 11.9 Å². The topological polar surface area (TPSA) is 29.9 Å². The number of hydrogen-bond donors (Lipinski definition) is 1. The third-order valence-electron chi connectivity index (χ3n) is 2.74. The molecule has 2 aromatic rings. The van der Waals surface area contributed by atoms with E-state index in [4.69, 9.17) is 0 Å². The van der Waals surface area contributed by atoms with Crippen LogP contribution in [0, 0.1) is 12.7 Å². The summed E-state index contributed by atoms with van der Waals surface area (Å²) < 4.78 is 15.6. The molecule has 0 aliphatic carbocycles. The monoisotopic (exact) mass is 247 g/mol. The number of halogens is 1. The van der Waals surface area contributed by atoms with Crippen molar-refractivity contribution < 1.29 is 4.39 Å². The highest BCUT2D eigenvalue weighted by atomic mass is 19.1. The Hall–Kier alpha value is -1.68. The van der Waals surface area contributed by atoms with Gasteiger partial charge in [0.15, 0.2) is 0 Å². The Morgan fingerprint density at radius 1 is 1.39 bits per heavy atom. The lowest BCUT2D eigenvalue weighted by atomic mass is 10.1. The van der Waals surface area contributed by atoms with Crippen LogP contribution < -0.4 is 5.32 Å². The van der Waals surface area contributed by atoms with E-state index >= 15 is 0 Å². The molecule has 1 aromatic carbocycles. The first-order chi connectivity index (χ1) is 8.58. The van der Waals surface area contributed by atoms with Gasteiger partial charge in [-0.25, -0.2) is 9.07 Å². The molecule has 18 heavy (non-hydrogen) atoms. The Morgan fingerprint density at radius 2 is 2.17 bits per heavy atom. The van der Waals surface area contributed by atoms with Crippen LogP contribution in [0.1, 0.15) is 25.0 Å². The lowest BCUT2D eigenvalue weighted by molar-refractivity contribution is 0.550. The van der Waals surface area contributed by atoms with Crippen molar-refractivity contribution in [2.24, 2.45) is 0 Å². The molecule has 1 N–H and O–H groups in total. The van der Waals surface area contributed by atoms with Crippen LogP contribution in [-0.4, -0.2) is 15.8 Å². The predicted octanol–water partition coefficient (Wildman–Crippen LogP) is 2.82. The molecule has 0 aliphatic rings. The van der Waals surface area contributed by atoms with E-state index in [0.717, 1.165) is 11.3 Å². The Labute approximate surface area is 107 Å². The van der Waals surface area contributed by atoms with Gasteiger partial charge in [0, 0.05) is 24.3 Å². The van der Waals surface area contributed by atoms with Crippen molar-refractivity contribution in [1.82, 2.24) is 15.1 Å². The second kappa shape index (κ2) is 5.31. The van der Waals surface area contributed by atoms with Gasteiger partial charge < -0.3 is 5.32 Å². The van der Waals surface area contributed by atoms with E-state index in [1.54, 1.807) is 16.9 Å². The first-order valence-corrected chi connectivity index (χ1v) is 6.10. The van der Waals surface area contributed by atoms with Crippen molar-refractivity contribution in [1.29, 1.82) is 0 Å². The second-order valence-corrected chi connectivity index (χ2v) is 4.74. The summed E-state index contributed by atoms with van der Waals surface area (Å²) in [6.07, 6.45) is 3.66. The van der Waals surface area contributed by atoms with E-state index in [2.05, 4.69) is 10.4 Å². The summed E-state index contributed by atoms with van der Waals surface area (Å²) in [6.45, 7) is 6.55. The van der Waals surface area contributed by atoms with E-state index in [9.17, 15) is 4.39 Å². The van der Waals surface area contributed by atoms with Crippen LogP contribution >= 0.6 is 0 Å². The minimum atomic E-state index is -0.200. The first kappa shape index (κ1) is 12.8. The van der Waals surface area contributed by atoms with E-state index in [1.165, 1.54) is 6.07 Å². The summed E-state index contributed by atoms with van der Waals surface area (Å²) in [7, 11) is 0. The van der Waals surface area contributed by atoms with Gasteiger partial charge >= 0.3 is 0 Å². The summed E-state index contributed by atoms with van der Waals surface area (Å²) in [5.74, 6) is -0.200. The molecule has 0 saturated carbocycles. The normalized spacial score (nSPS) is 11.2. The minimum absolute atomic E-state index is 0.200. The number of nitrogens with one attached hydrogen (secondary N) is 1. The molecule has 3 nitrogen and oxygen atoms in total. The molecule has 0 aliphatic heterocycles. The van der Waals surface area contributed by atoms with Gasteiger partial charge in [0.25, 0.3) is 0 Å². The Balaban J connectivity index is 2.37. The number of rotatable bonds is 4. The zero-order valence-electron chi connectivity index (χ0n) is 10.9. The molecule has 0 fully saturated rings. The van der Waals surface area contributed by atoms with E-state index in [1.807, 2.05) is 33.0 Å². The van der Waals surface area contributed by atoms with Crippen LogP contribution in [0.15, 0.2) is 30.6 Å². The number of aryl methyl sites for hydroxylation is 1. The maximum atomic E-state index is 13.9. The Bertz CT molecular complexity index is 532. The zero-order chi connectivity index (χ0) is 13.1. The third-order valence-corrected chi connectivity index (χ3v) is 2.74. The molecule has 0 atom stereocenters. The summed E-state index contributed by atoms with van der Waals surface area (Å²) in [5, 5.41) is 7.48. The molecular formula is C14H18FN3. The summed E-state index contributed by atoms with van der Waals surface area (Å²) >= 11 is 0. The van der Waals surface area contributed by atoms with Crippen molar-refractivity contribution >= 4 is 0 Å². The van der Waals surface area contributed by atoms with E-state index in [-0.39, 0.29) is 5.82 Å². The van der Waals surface area contributed by atoms with E-state index < -0.39 is 0 Å². The van der Waals surface area contributed by atoms with Gasteiger partial charge in [0.2, 0.25) is 0 Å². The molecule has 0 saturated heterocycles. The quantitative estimate of drug-likeness (QED) is 0.900. The average Bonchev–Trinajstić information content (AvgIpc) is 2.73. The highest BCUT2D eigenvalue weighted by molar-refractivity contribution is 5.41. The van der Waals surface area contributed by atoms with Crippen molar-refractivity contribution in [2.45, 2.75) is 33.4 Å². The lowest BCUT2D eigenvalue weighted by Crippen LogP contribution is -2.23. The summed E-state index contributed by atoms with van der Waals surface area (Å²) in [5.41, 5.74) is 2.49. The van der Waals surface area contributed by atoms with Gasteiger partial charge in [-0.1, -0.05) is 19.9 Å². The van der Waals surface area contributed by atoms with Gasteiger partial charge in [-0.2, -0.15) is 5.10 Å². The fraction of sp³-hybridized carbons (Fsp3) is 0.357. The van der Waals surface area contributed by atoms with Crippen LogP contribution in [0.5, 0.6) is 0 Å². The first-order valence-electron chi connectivity index (χ1n) is 6.10. The molecule has 96 valence electrons. The fourth-order valence-electron chi connectivity index (χ4n) is 1.79. The molecular weight excluding hydrogens is 229 g/mol. The largest absolute Gasteiger partial charge is 0.310 e. The molecule has 0 spiro atoms. The Kier molecular flexibility index (Phi) is 3.77. The smallest absolute Gasteiger partial charge is 0.129 e. The van der Waals surface area contributed by atoms with Crippen LogP contribution in [0.2, 0.25) is 0 Å². The van der Waals surface area contributed by atoms with Crippen LogP contribution in [-0.2, 0) is 6.54 Å². The van der Waals surface area contributed by atoms with Crippen molar-refractivity contribution in [2.75, 3.05) is 0 Å². The van der Waals surface area contributed by atoms with Gasteiger partial charge in [0.1, 0.15) is 5.82 Å². The maximum absolute atomic E-state index is 13.9. The van der Waals surface area contributed by atoms with Gasteiger partial charge in [-0.05, 0) is 24.6 Å². The third kappa shape index (κ3) is 2.76. The van der Waals surface area contributed by atoms with Crippen LogP contribution in [0.25, 0.3) is 5.69 Å². The molecule has 1 heterocycles. The van der Waals surface area contributed by atoms with Gasteiger partial charge in [-0.3, -0.25) is 0 Å². The minimum Gasteiger partial charge on any atom is -0.310 e.